The van der Waals surface area contributed by atoms with Gasteiger partial charge < -0.3 is 14.5 Å². The first-order chi connectivity index (χ1) is 20.5. The average molecular weight is 574 g/mol. The fraction of sp³-hybridized carbons (Fsp3) is 0.514. The number of benzene rings is 2. The number of hydrogen-bond donors (Lipinski definition) is 1. The zero-order valence-corrected chi connectivity index (χ0v) is 26.1. The van der Waals surface area contributed by atoms with Crippen LogP contribution in [-0.4, -0.2) is 23.8 Å². The Morgan fingerprint density at radius 3 is 2.05 bits per heavy atom. The second kappa shape index (κ2) is 19.0. The maximum atomic E-state index is 13.8. The van der Waals surface area contributed by atoms with Gasteiger partial charge in [0.05, 0.1) is 12.7 Å². The highest BCUT2D eigenvalue weighted by atomic mass is 16.5. The summed E-state index contributed by atoms with van der Waals surface area (Å²) in [7, 11) is 1.63. The average Bonchev–Trinajstić information content (AvgIpc) is 3.38. The van der Waals surface area contributed by atoms with Crippen LogP contribution in [-0.2, 0) is 22.6 Å². The number of hydrogen-bond acceptors (Lipinski definition) is 4. The molecule has 0 atom stereocenters. The molecule has 228 valence electrons. The van der Waals surface area contributed by atoms with Gasteiger partial charge in [0.1, 0.15) is 12.4 Å². The third-order valence-corrected chi connectivity index (χ3v) is 7.93. The molecule has 0 aliphatic carbocycles. The van der Waals surface area contributed by atoms with E-state index in [1.165, 1.54) is 56.9 Å². The monoisotopic (exact) mass is 573 g/mol. The lowest BCUT2D eigenvalue weighted by atomic mass is 9.96. The minimum absolute atomic E-state index is 0.0849. The molecule has 3 rings (SSSR count). The molecule has 0 bridgehead atoms. The molecule has 1 aromatic heterocycles. The van der Waals surface area contributed by atoms with Gasteiger partial charge in [0.15, 0.2) is 5.78 Å². The van der Waals surface area contributed by atoms with E-state index in [2.05, 4.69) is 18.8 Å². The van der Waals surface area contributed by atoms with Crippen molar-refractivity contribution in [1.82, 2.24) is 4.98 Å². The predicted molar refractivity (Wildman–Crippen MR) is 173 cm³/mol. The second-order valence-electron chi connectivity index (χ2n) is 11.4. The van der Waals surface area contributed by atoms with Gasteiger partial charge in [0.25, 0.3) is 0 Å². The molecular formula is C37H51NO4. The number of H-pyrrole nitrogens is 1. The number of unbranched alkanes of at least 4 members (excludes halogenated alkanes) is 8. The van der Waals surface area contributed by atoms with Crippen LogP contribution in [0, 0.1) is 0 Å². The van der Waals surface area contributed by atoms with Crippen molar-refractivity contribution in [2.24, 2.45) is 0 Å². The fourth-order valence-corrected chi connectivity index (χ4v) is 5.47. The van der Waals surface area contributed by atoms with Crippen molar-refractivity contribution in [1.29, 1.82) is 0 Å². The van der Waals surface area contributed by atoms with E-state index in [9.17, 15) is 9.59 Å². The van der Waals surface area contributed by atoms with Crippen molar-refractivity contribution in [3.05, 3.63) is 77.0 Å². The number of ether oxygens (including phenoxy) is 2. The molecule has 42 heavy (non-hydrogen) atoms. The molecule has 0 unspecified atom stereocenters. The van der Waals surface area contributed by atoms with Crippen LogP contribution in [0.1, 0.15) is 125 Å². The highest BCUT2D eigenvalue weighted by Gasteiger charge is 2.18. The van der Waals surface area contributed by atoms with Crippen molar-refractivity contribution in [3.8, 4) is 5.75 Å². The van der Waals surface area contributed by atoms with Crippen molar-refractivity contribution in [3.63, 3.8) is 0 Å². The summed E-state index contributed by atoms with van der Waals surface area (Å²) in [6.07, 6.45) is 17.8. The first kappa shape index (κ1) is 33.2. The zero-order chi connectivity index (χ0) is 30.0. The van der Waals surface area contributed by atoms with Crippen LogP contribution in [0.4, 0.5) is 0 Å². The number of rotatable bonds is 21. The molecule has 0 saturated heterocycles. The number of carbonyl (C=O) groups excluding carboxylic acids is 2. The number of fused-ring (bicyclic) bond motifs is 1. The molecule has 5 nitrogen and oxygen atoms in total. The van der Waals surface area contributed by atoms with E-state index >= 15 is 0 Å². The van der Waals surface area contributed by atoms with Crippen LogP contribution in [0.3, 0.4) is 0 Å². The number of esters is 1. The van der Waals surface area contributed by atoms with Crippen LogP contribution in [0.15, 0.2) is 60.2 Å². The third-order valence-electron chi connectivity index (χ3n) is 7.93. The minimum atomic E-state index is -0.233. The topological polar surface area (TPSA) is 68.4 Å². The molecule has 0 aliphatic rings. The van der Waals surface area contributed by atoms with Gasteiger partial charge in [-0.15, -0.1) is 0 Å². The maximum Gasteiger partial charge on any atom is 0.306 e. The predicted octanol–water partition coefficient (Wildman–Crippen LogP) is 10.1. The molecule has 0 amide bonds. The molecular weight excluding hydrogens is 522 g/mol. The lowest BCUT2D eigenvalue weighted by Gasteiger charge is -2.09. The van der Waals surface area contributed by atoms with E-state index in [1.807, 2.05) is 54.6 Å². The molecule has 1 heterocycles. The number of ketones is 1. The Balaban J connectivity index is 1.65. The molecule has 3 aromatic rings. The Hall–Kier alpha value is -3.34. The van der Waals surface area contributed by atoms with Crippen LogP contribution >= 0.6 is 0 Å². The zero-order valence-electron chi connectivity index (χ0n) is 26.1. The van der Waals surface area contributed by atoms with Crippen molar-refractivity contribution in [2.75, 3.05) is 7.11 Å². The Morgan fingerprint density at radius 2 is 1.40 bits per heavy atom. The van der Waals surface area contributed by atoms with Crippen LogP contribution < -0.4 is 4.74 Å². The first-order valence-corrected chi connectivity index (χ1v) is 16.2. The summed E-state index contributed by atoms with van der Waals surface area (Å²) in [4.78, 5) is 29.8. The summed E-state index contributed by atoms with van der Waals surface area (Å²) in [5, 5.41) is 0.959. The Kier molecular flexibility index (Phi) is 15.0. The molecule has 5 heteroatoms. The summed E-state index contributed by atoms with van der Waals surface area (Å²) >= 11 is 0. The summed E-state index contributed by atoms with van der Waals surface area (Å²) in [6.45, 7) is 4.72. The van der Waals surface area contributed by atoms with Gasteiger partial charge >= 0.3 is 5.97 Å². The largest absolute Gasteiger partial charge is 0.497 e. The van der Waals surface area contributed by atoms with E-state index in [0.717, 1.165) is 59.2 Å². The lowest BCUT2D eigenvalue weighted by Crippen LogP contribution is -2.06. The van der Waals surface area contributed by atoms with E-state index in [0.29, 0.717) is 19.3 Å². The summed E-state index contributed by atoms with van der Waals surface area (Å²) in [5.41, 5.74) is 4.83. The maximum absolute atomic E-state index is 13.8. The molecule has 0 saturated carbocycles. The molecule has 0 aliphatic heterocycles. The first-order valence-electron chi connectivity index (χ1n) is 16.2. The van der Waals surface area contributed by atoms with Crippen LogP contribution in [0.25, 0.3) is 10.9 Å². The van der Waals surface area contributed by atoms with E-state index in [4.69, 9.17) is 9.47 Å². The van der Waals surface area contributed by atoms with Gasteiger partial charge in [-0.1, -0.05) is 101 Å². The lowest BCUT2D eigenvalue weighted by molar-refractivity contribution is -0.145. The number of methoxy groups -OCH3 is 1. The van der Waals surface area contributed by atoms with Gasteiger partial charge in [-0.05, 0) is 68.4 Å². The number of aryl methyl sites for hydroxylation is 1. The number of nitrogens with one attached hydrogen (secondary N) is 1. The van der Waals surface area contributed by atoms with Gasteiger partial charge in [-0.3, -0.25) is 9.59 Å². The number of aromatic amines is 1. The molecule has 0 radical (unpaired) electrons. The van der Waals surface area contributed by atoms with Crippen molar-refractivity contribution >= 4 is 22.7 Å². The molecule has 0 fully saturated rings. The van der Waals surface area contributed by atoms with Crippen molar-refractivity contribution in [2.45, 2.75) is 117 Å². The van der Waals surface area contributed by atoms with Crippen LogP contribution in [0.2, 0.25) is 0 Å². The number of allylic oxidation sites excluding steroid dienone is 2. The Morgan fingerprint density at radius 1 is 0.762 bits per heavy atom. The van der Waals surface area contributed by atoms with Crippen LogP contribution in [0.5, 0.6) is 5.75 Å². The fourth-order valence-electron chi connectivity index (χ4n) is 5.47. The van der Waals surface area contributed by atoms with Gasteiger partial charge in [-0.2, -0.15) is 0 Å². The minimum Gasteiger partial charge on any atom is -0.497 e. The Bertz CT molecular complexity index is 1240. The van der Waals surface area contributed by atoms with E-state index in [-0.39, 0.29) is 18.4 Å². The van der Waals surface area contributed by atoms with Gasteiger partial charge in [0.2, 0.25) is 0 Å². The highest BCUT2D eigenvalue weighted by Crippen LogP contribution is 2.27. The smallest absolute Gasteiger partial charge is 0.306 e. The van der Waals surface area contributed by atoms with E-state index in [1.54, 1.807) is 7.11 Å². The van der Waals surface area contributed by atoms with Gasteiger partial charge in [0, 0.05) is 23.0 Å². The number of carbonyl (C=O) groups is 2. The number of para-hydroxylation sites is 1. The summed E-state index contributed by atoms with van der Waals surface area (Å²) < 4.78 is 10.7. The number of aromatic nitrogens is 1. The summed E-state index contributed by atoms with van der Waals surface area (Å²) in [6, 6.07) is 15.5. The third kappa shape index (κ3) is 11.2. The van der Waals surface area contributed by atoms with Crippen molar-refractivity contribution < 1.29 is 19.1 Å². The molecule has 1 N–H and O–H groups in total. The second-order valence-corrected chi connectivity index (χ2v) is 11.4. The normalized spacial score (nSPS) is 11.0. The SMILES string of the molecule is CCCCCCCC(=CC(=O)c1c(CCCC(=O)OCc2ccc(OC)cc2)[nH]c2ccccc12)CCCCCCC. The standard InChI is InChI=1S/C37H51NO4/c1-4-6-8-10-12-17-29(18-13-11-9-7-5-2)27-35(39)37-32-19-14-15-20-33(32)38-34(37)21-16-22-36(40)42-28-30-23-25-31(41-3)26-24-30/h14-15,19-20,23-27,38H,4-13,16-18,21-22,28H2,1-3H3. The Labute approximate surface area is 253 Å². The quantitative estimate of drug-likeness (QED) is 0.0596. The highest BCUT2D eigenvalue weighted by molar-refractivity contribution is 6.14. The van der Waals surface area contributed by atoms with E-state index < -0.39 is 0 Å². The molecule has 0 spiro atoms. The summed E-state index contributed by atoms with van der Waals surface area (Å²) in [5.74, 6) is 0.624. The molecule has 2 aromatic carbocycles. The van der Waals surface area contributed by atoms with Gasteiger partial charge in [-0.25, -0.2) is 0 Å².